The van der Waals surface area contributed by atoms with Gasteiger partial charge >= 0.3 is 12.0 Å². The van der Waals surface area contributed by atoms with Gasteiger partial charge in [0.1, 0.15) is 22.8 Å². The Hall–Kier alpha value is -3.27. The predicted octanol–water partition coefficient (Wildman–Crippen LogP) is 2.95. The van der Waals surface area contributed by atoms with Crippen molar-refractivity contribution in [1.82, 2.24) is 20.1 Å². The van der Waals surface area contributed by atoms with Crippen LogP contribution in [-0.2, 0) is 11.3 Å². The molecule has 0 atom stereocenters. The van der Waals surface area contributed by atoms with Gasteiger partial charge in [-0.1, -0.05) is 17.4 Å². The Balaban J connectivity index is 1.63. The molecule has 0 aliphatic carbocycles. The number of rotatable bonds is 5. The van der Waals surface area contributed by atoms with Crippen LogP contribution in [0.2, 0.25) is 0 Å². The molecule has 0 aromatic carbocycles. The summed E-state index contributed by atoms with van der Waals surface area (Å²) in [6.45, 7) is 1.84. The van der Waals surface area contributed by atoms with Gasteiger partial charge in [0.05, 0.1) is 13.7 Å². The summed E-state index contributed by atoms with van der Waals surface area (Å²) in [5, 5.41) is 11.6. The van der Waals surface area contributed by atoms with Gasteiger partial charge in [-0.15, -0.1) is 10.2 Å². The Labute approximate surface area is 159 Å². The van der Waals surface area contributed by atoms with E-state index in [0.717, 1.165) is 0 Å². The van der Waals surface area contributed by atoms with Gasteiger partial charge in [0, 0.05) is 13.2 Å². The molecule has 3 heterocycles. The SMILES string of the molecule is COC(=O)c1cc(CN(C)C(=O)Nc2nnc(-c3ccccn3)s2)oc1C. The average molecular weight is 387 g/mol. The summed E-state index contributed by atoms with van der Waals surface area (Å²) in [7, 11) is 2.90. The van der Waals surface area contributed by atoms with E-state index in [-0.39, 0.29) is 12.6 Å². The molecular formula is C17H17N5O4S. The number of carbonyl (C=O) groups is 2. The second-order valence-electron chi connectivity index (χ2n) is 5.59. The third kappa shape index (κ3) is 4.29. The topological polar surface area (TPSA) is 110 Å². The molecule has 0 radical (unpaired) electrons. The fourth-order valence-electron chi connectivity index (χ4n) is 2.29. The summed E-state index contributed by atoms with van der Waals surface area (Å²) in [6.07, 6.45) is 1.66. The van der Waals surface area contributed by atoms with Crippen molar-refractivity contribution >= 4 is 28.5 Å². The Bertz CT molecular complexity index is 953. The standard InChI is InChI=1S/C17H17N5O4S/c1-10-12(15(23)25-3)8-11(26-10)9-22(2)17(24)19-16-21-20-14(27-16)13-6-4-5-7-18-13/h4-8H,9H2,1-3H3,(H,19,21,24). The van der Waals surface area contributed by atoms with E-state index in [1.165, 1.54) is 23.3 Å². The third-order valence-electron chi connectivity index (χ3n) is 3.64. The zero-order valence-electron chi connectivity index (χ0n) is 14.9. The number of hydrogen-bond acceptors (Lipinski definition) is 8. The molecule has 0 saturated carbocycles. The van der Waals surface area contributed by atoms with Crippen LogP contribution in [0.25, 0.3) is 10.7 Å². The molecule has 140 valence electrons. The molecule has 0 aliphatic rings. The number of pyridine rings is 1. The van der Waals surface area contributed by atoms with E-state index in [1.54, 1.807) is 26.2 Å². The number of anilines is 1. The van der Waals surface area contributed by atoms with Crippen LogP contribution in [0.15, 0.2) is 34.9 Å². The number of urea groups is 1. The van der Waals surface area contributed by atoms with Crippen LogP contribution in [0, 0.1) is 6.92 Å². The molecule has 1 N–H and O–H groups in total. The van der Waals surface area contributed by atoms with Gasteiger partial charge in [-0.3, -0.25) is 10.3 Å². The Morgan fingerprint density at radius 3 is 2.85 bits per heavy atom. The third-order valence-corrected chi connectivity index (χ3v) is 4.50. The summed E-state index contributed by atoms with van der Waals surface area (Å²) in [6, 6.07) is 6.66. The van der Waals surface area contributed by atoms with Crippen molar-refractivity contribution in [2.24, 2.45) is 0 Å². The fraction of sp³-hybridized carbons (Fsp3) is 0.235. The van der Waals surface area contributed by atoms with Crippen LogP contribution in [0.1, 0.15) is 21.9 Å². The van der Waals surface area contributed by atoms with Crippen LogP contribution in [0.4, 0.5) is 9.93 Å². The fourth-order valence-corrected chi connectivity index (χ4v) is 3.00. The molecule has 0 bridgehead atoms. The van der Waals surface area contributed by atoms with Crippen LogP contribution in [0.3, 0.4) is 0 Å². The highest BCUT2D eigenvalue weighted by Crippen LogP contribution is 2.24. The summed E-state index contributed by atoms with van der Waals surface area (Å²) in [5.41, 5.74) is 1.02. The van der Waals surface area contributed by atoms with E-state index in [1.807, 2.05) is 18.2 Å². The lowest BCUT2D eigenvalue weighted by Gasteiger charge is -2.15. The molecule has 0 saturated heterocycles. The van der Waals surface area contributed by atoms with E-state index in [9.17, 15) is 9.59 Å². The van der Waals surface area contributed by atoms with Gasteiger partial charge in [0.2, 0.25) is 5.13 Å². The highest BCUT2D eigenvalue weighted by atomic mass is 32.1. The number of methoxy groups -OCH3 is 1. The maximum atomic E-state index is 12.3. The minimum absolute atomic E-state index is 0.176. The molecule has 9 nitrogen and oxygen atoms in total. The lowest BCUT2D eigenvalue weighted by atomic mass is 10.2. The number of furan rings is 1. The van der Waals surface area contributed by atoms with Gasteiger partial charge in [-0.25, -0.2) is 9.59 Å². The molecule has 3 aromatic rings. The molecule has 3 aromatic heterocycles. The largest absolute Gasteiger partial charge is 0.465 e. The summed E-state index contributed by atoms with van der Waals surface area (Å²) in [5.74, 6) is 0.428. The average Bonchev–Trinajstić information content (AvgIpc) is 3.28. The van der Waals surface area contributed by atoms with Gasteiger partial charge < -0.3 is 14.1 Å². The first-order valence-corrected chi connectivity index (χ1v) is 8.74. The van der Waals surface area contributed by atoms with Crippen LogP contribution < -0.4 is 5.32 Å². The number of esters is 1. The van der Waals surface area contributed by atoms with Crippen molar-refractivity contribution in [2.75, 3.05) is 19.5 Å². The maximum absolute atomic E-state index is 12.3. The first kappa shape index (κ1) is 18.5. The minimum atomic E-state index is -0.481. The highest BCUT2D eigenvalue weighted by molar-refractivity contribution is 7.18. The van der Waals surface area contributed by atoms with Gasteiger partial charge in [-0.2, -0.15) is 0 Å². The van der Waals surface area contributed by atoms with E-state index >= 15 is 0 Å². The number of nitrogens with zero attached hydrogens (tertiary/aromatic N) is 4. The van der Waals surface area contributed by atoms with Crippen LogP contribution in [0.5, 0.6) is 0 Å². The van der Waals surface area contributed by atoms with Gasteiger partial charge in [-0.05, 0) is 25.1 Å². The number of amides is 2. The number of aryl methyl sites for hydroxylation is 1. The maximum Gasteiger partial charge on any atom is 0.341 e. The van der Waals surface area contributed by atoms with Crippen molar-refractivity contribution in [3.8, 4) is 10.7 Å². The molecule has 0 spiro atoms. The number of nitrogens with one attached hydrogen (secondary N) is 1. The zero-order chi connectivity index (χ0) is 19.4. The van der Waals surface area contributed by atoms with E-state index < -0.39 is 5.97 Å². The summed E-state index contributed by atoms with van der Waals surface area (Å²) in [4.78, 5) is 29.6. The molecule has 0 fully saturated rings. The van der Waals surface area contributed by atoms with Crippen molar-refractivity contribution in [3.05, 3.63) is 47.5 Å². The Morgan fingerprint density at radius 1 is 1.33 bits per heavy atom. The molecule has 2 amide bonds. The number of hydrogen-bond donors (Lipinski definition) is 1. The minimum Gasteiger partial charge on any atom is -0.465 e. The summed E-state index contributed by atoms with van der Waals surface area (Å²) < 4.78 is 10.2. The highest BCUT2D eigenvalue weighted by Gasteiger charge is 2.19. The Morgan fingerprint density at radius 2 is 2.15 bits per heavy atom. The molecular weight excluding hydrogens is 370 g/mol. The first-order chi connectivity index (χ1) is 13.0. The summed E-state index contributed by atoms with van der Waals surface area (Å²) >= 11 is 1.22. The smallest absolute Gasteiger partial charge is 0.341 e. The molecule has 10 heteroatoms. The Kier molecular flexibility index (Phi) is 5.46. The van der Waals surface area contributed by atoms with Crippen LogP contribution in [-0.4, -0.2) is 46.2 Å². The quantitative estimate of drug-likeness (QED) is 0.670. The lowest BCUT2D eigenvalue weighted by molar-refractivity contribution is 0.0598. The van der Waals surface area contributed by atoms with Gasteiger partial charge in [0.25, 0.3) is 0 Å². The molecule has 0 unspecified atom stereocenters. The number of carbonyl (C=O) groups excluding carboxylic acids is 2. The molecule has 27 heavy (non-hydrogen) atoms. The van der Waals surface area contributed by atoms with Crippen LogP contribution >= 0.6 is 11.3 Å². The molecule has 3 rings (SSSR count). The first-order valence-electron chi connectivity index (χ1n) is 7.92. The number of ether oxygens (including phenoxy) is 1. The van der Waals surface area contributed by atoms with E-state index in [0.29, 0.717) is 32.9 Å². The van der Waals surface area contributed by atoms with Crippen molar-refractivity contribution in [3.63, 3.8) is 0 Å². The van der Waals surface area contributed by atoms with E-state index in [4.69, 9.17) is 4.42 Å². The lowest BCUT2D eigenvalue weighted by Crippen LogP contribution is -2.30. The predicted molar refractivity (Wildman–Crippen MR) is 98.4 cm³/mol. The number of aromatic nitrogens is 3. The normalized spacial score (nSPS) is 10.5. The molecule has 0 aliphatic heterocycles. The van der Waals surface area contributed by atoms with E-state index in [2.05, 4.69) is 25.2 Å². The second kappa shape index (κ2) is 7.96. The van der Waals surface area contributed by atoms with Crippen molar-refractivity contribution in [1.29, 1.82) is 0 Å². The van der Waals surface area contributed by atoms with Gasteiger partial charge in [0.15, 0.2) is 5.01 Å². The van der Waals surface area contributed by atoms with Crippen molar-refractivity contribution in [2.45, 2.75) is 13.5 Å². The zero-order valence-corrected chi connectivity index (χ0v) is 15.7. The second-order valence-corrected chi connectivity index (χ2v) is 6.57. The van der Waals surface area contributed by atoms with Crippen molar-refractivity contribution < 1.29 is 18.7 Å². The monoisotopic (exact) mass is 387 g/mol.